The van der Waals surface area contributed by atoms with E-state index in [0.717, 1.165) is 38.5 Å². The van der Waals surface area contributed by atoms with Gasteiger partial charge in [-0.05, 0) is 31.6 Å². The zero-order valence-corrected chi connectivity index (χ0v) is 11.5. The largest absolute Gasteiger partial charge is 0.396 e. The van der Waals surface area contributed by atoms with E-state index < -0.39 is 10.0 Å². The highest BCUT2D eigenvalue weighted by atomic mass is 32.2. The maximum Gasteiger partial charge on any atom is 0.214 e. The minimum Gasteiger partial charge on any atom is -0.396 e. The first-order chi connectivity index (χ1) is 8.10. The third-order valence-electron chi connectivity index (χ3n) is 3.55. The van der Waals surface area contributed by atoms with Gasteiger partial charge in [-0.25, -0.2) is 13.1 Å². The summed E-state index contributed by atoms with van der Waals surface area (Å²) in [6, 6.07) is 0. The minimum atomic E-state index is -3.12. The molecule has 1 atom stereocenters. The summed E-state index contributed by atoms with van der Waals surface area (Å²) in [7, 11) is -3.12. The first-order valence-electron chi connectivity index (χ1n) is 6.69. The summed E-state index contributed by atoms with van der Waals surface area (Å²) in [4.78, 5) is 0. The van der Waals surface area contributed by atoms with Crippen molar-refractivity contribution in [3.8, 4) is 0 Å². The van der Waals surface area contributed by atoms with Gasteiger partial charge in [0.2, 0.25) is 10.0 Å². The van der Waals surface area contributed by atoms with Gasteiger partial charge in [-0.2, -0.15) is 0 Å². The molecule has 4 nitrogen and oxygen atoms in total. The van der Waals surface area contributed by atoms with Gasteiger partial charge >= 0.3 is 0 Å². The average Bonchev–Trinajstić information content (AvgIpc) is 2.81. The number of sulfonamides is 1. The second-order valence-corrected chi connectivity index (χ2v) is 7.01. The van der Waals surface area contributed by atoms with Gasteiger partial charge in [0.1, 0.15) is 0 Å². The number of aliphatic hydroxyl groups is 1. The van der Waals surface area contributed by atoms with Crippen molar-refractivity contribution in [2.24, 2.45) is 5.92 Å². The van der Waals surface area contributed by atoms with Crippen LogP contribution >= 0.6 is 0 Å². The molecule has 0 aromatic heterocycles. The fraction of sp³-hybridized carbons (Fsp3) is 1.00. The maximum atomic E-state index is 12.0. The molecule has 1 aliphatic rings. The Kier molecular flexibility index (Phi) is 6.44. The summed E-state index contributed by atoms with van der Waals surface area (Å²) in [6.45, 7) is 2.69. The van der Waals surface area contributed by atoms with Crippen molar-refractivity contribution in [1.29, 1.82) is 0 Å². The van der Waals surface area contributed by atoms with Crippen LogP contribution in [0.15, 0.2) is 0 Å². The van der Waals surface area contributed by atoms with Crippen molar-refractivity contribution < 1.29 is 13.5 Å². The van der Waals surface area contributed by atoms with Gasteiger partial charge in [-0.15, -0.1) is 0 Å². The van der Waals surface area contributed by atoms with Crippen LogP contribution in [0.5, 0.6) is 0 Å². The number of rotatable bonds is 8. The molecule has 1 saturated carbocycles. The van der Waals surface area contributed by atoms with E-state index in [9.17, 15) is 8.42 Å². The van der Waals surface area contributed by atoms with Crippen LogP contribution in [0.3, 0.4) is 0 Å². The van der Waals surface area contributed by atoms with E-state index in [1.807, 2.05) is 0 Å². The highest BCUT2D eigenvalue weighted by Gasteiger charge is 2.28. The topological polar surface area (TPSA) is 66.4 Å². The Balaban J connectivity index is 2.40. The first-order valence-corrected chi connectivity index (χ1v) is 8.24. The fourth-order valence-electron chi connectivity index (χ4n) is 2.49. The van der Waals surface area contributed by atoms with Gasteiger partial charge in [0, 0.05) is 13.2 Å². The van der Waals surface area contributed by atoms with Gasteiger partial charge in [-0.1, -0.05) is 26.2 Å². The van der Waals surface area contributed by atoms with E-state index in [1.54, 1.807) is 0 Å². The summed E-state index contributed by atoms with van der Waals surface area (Å²) in [5.74, 6) is 0.265. The Morgan fingerprint density at radius 3 is 2.47 bits per heavy atom. The van der Waals surface area contributed by atoms with Crippen molar-refractivity contribution in [3.63, 3.8) is 0 Å². The van der Waals surface area contributed by atoms with Crippen LogP contribution < -0.4 is 4.72 Å². The number of aliphatic hydroxyl groups excluding tert-OH is 1. The number of hydrogen-bond acceptors (Lipinski definition) is 3. The molecule has 0 aromatic rings. The molecule has 0 spiro atoms. The van der Waals surface area contributed by atoms with Crippen LogP contribution in [0.1, 0.15) is 51.9 Å². The zero-order valence-electron chi connectivity index (χ0n) is 10.7. The van der Waals surface area contributed by atoms with Crippen molar-refractivity contribution >= 4 is 10.0 Å². The van der Waals surface area contributed by atoms with E-state index >= 15 is 0 Å². The first kappa shape index (κ1) is 14.9. The molecule has 0 heterocycles. The molecule has 0 aliphatic heterocycles. The highest BCUT2D eigenvalue weighted by molar-refractivity contribution is 7.90. The predicted octanol–water partition coefficient (Wildman–Crippen LogP) is 1.65. The Morgan fingerprint density at radius 2 is 1.94 bits per heavy atom. The molecule has 0 aromatic carbocycles. The molecule has 1 rings (SSSR count). The molecule has 0 bridgehead atoms. The van der Waals surface area contributed by atoms with Gasteiger partial charge in [0.15, 0.2) is 0 Å². The lowest BCUT2D eigenvalue weighted by Crippen LogP contribution is -2.36. The highest BCUT2D eigenvalue weighted by Crippen LogP contribution is 2.24. The zero-order chi connectivity index (χ0) is 12.7. The second-order valence-electron chi connectivity index (χ2n) is 4.97. The van der Waals surface area contributed by atoms with Gasteiger partial charge in [0.25, 0.3) is 0 Å². The summed E-state index contributed by atoms with van der Waals surface area (Å²) < 4.78 is 26.7. The third-order valence-corrected chi connectivity index (χ3v) is 5.47. The Labute approximate surface area is 105 Å². The lowest BCUT2D eigenvalue weighted by Gasteiger charge is -2.18. The van der Waals surface area contributed by atoms with Crippen LogP contribution in [0.4, 0.5) is 0 Å². The molecule has 0 saturated heterocycles. The van der Waals surface area contributed by atoms with Gasteiger partial charge in [-0.3, -0.25) is 0 Å². The molecule has 1 unspecified atom stereocenters. The summed E-state index contributed by atoms with van der Waals surface area (Å²) >= 11 is 0. The average molecular weight is 263 g/mol. The van der Waals surface area contributed by atoms with E-state index in [4.69, 9.17) is 5.11 Å². The molecule has 102 valence electrons. The monoisotopic (exact) mass is 263 g/mol. The van der Waals surface area contributed by atoms with Crippen molar-refractivity contribution in [2.75, 3.05) is 13.2 Å². The standard InChI is InChI=1S/C12H25NO3S/c1-2-5-11(8-9-14)10-13-17(15,16)12-6-3-4-7-12/h11-14H,2-10H2,1H3. The SMILES string of the molecule is CCCC(CCO)CNS(=O)(=O)C1CCCC1. The minimum absolute atomic E-state index is 0.135. The normalized spacial score (nSPS) is 19.6. The number of nitrogens with one attached hydrogen (secondary N) is 1. The quantitative estimate of drug-likeness (QED) is 0.699. The smallest absolute Gasteiger partial charge is 0.214 e. The molecular weight excluding hydrogens is 238 g/mol. The molecule has 17 heavy (non-hydrogen) atoms. The van der Waals surface area contributed by atoms with Crippen LogP contribution in [-0.4, -0.2) is 31.9 Å². The van der Waals surface area contributed by atoms with Crippen molar-refractivity contribution in [3.05, 3.63) is 0 Å². The predicted molar refractivity (Wildman–Crippen MR) is 69.3 cm³/mol. The summed E-state index contributed by atoms with van der Waals surface area (Å²) in [6.07, 6.45) is 6.33. The van der Waals surface area contributed by atoms with Crippen LogP contribution in [0.2, 0.25) is 0 Å². The molecule has 2 N–H and O–H groups in total. The van der Waals surface area contributed by atoms with Crippen molar-refractivity contribution in [2.45, 2.75) is 57.1 Å². The van der Waals surface area contributed by atoms with Crippen molar-refractivity contribution in [1.82, 2.24) is 4.72 Å². The van der Waals surface area contributed by atoms with Crippen LogP contribution in [0, 0.1) is 5.92 Å². The lowest BCUT2D eigenvalue weighted by atomic mass is 10.0. The van der Waals surface area contributed by atoms with Crippen LogP contribution in [-0.2, 0) is 10.0 Å². The molecule has 0 amide bonds. The Hall–Kier alpha value is -0.130. The van der Waals surface area contributed by atoms with E-state index in [2.05, 4.69) is 11.6 Å². The Bertz CT molecular complexity index is 291. The van der Waals surface area contributed by atoms with E-state index in [0.29, 0.717) is 13.0 Å². The summed E-state index contributed by atoms with van der Waals surface area (Å²) in [5.41, 5.74) is 0. The summed E-state index contributed by atoms with van der Waals surface area (Å²) in [5, 5.41) is 8.75. The molecule has 1 fully saturated rings. The van der Waals surface area contributed by atoms with Crippen LogP contribution in [0.25, 0.3) is 0 Å². The number of hydrogen-bond donors (Lipinski definition) is 2. The maximum absolute atomic E-state index is 12.0. The second kappa shape index (κ2) is 7.34. The van der Waals surface area contributed by atoms with Gasteiger partial charge in [0.05, 0.1) is 5.25 Å². The Morgan fingerprint density at radius 1 is 1.29 bits per heavy atom. The lowest BCUT2D eigenvalue weighted by molar-refractivity contribution is 0.251. The molecule has 5 heteroatoms. The molecule has 0 radical (unpaired) electrons. The van der Waals surface area contributed by atoms with Gasteiger partial charge < -0.3 is 5.11 Å². The fourth-order valence-corrected chi connectivity index (χ4v) is 4.15. The van der Waals surface area contributed by atoms with E-state index in [-0.39, 0.29) is 17.8 Å². The third kappa shape index (κ3) is 4.94. The van der Waals surface area contributed by atoms with E-state index in [1.165, 1.54) is 0 Å². The molecular formula is C12H25NO3S. The molecule has 1 aliphatic carbocycles.